The van der Waals surface area contributed by atoms with Gasteiger partial charge in [-0.05, 0) is 20.8 Å². The second-order valence-electron chi connectivity index (χ2n) is 5.46. The molecular formula is C16H18O5. The van der Waals surface area contributed by atoms with E-state index in [0.29, 0.717) is 5.56 Å². The third kappa shape index (κ3) is 2.82. The smallest absolute Gasteiger partial charge is 0.318 e. The third-order valence-corrected chi connectivity index (χ3v) is 3.58. The van der Waals surface area contributed by atoms with E-state index in [9.17, 15) is 14.4 Å². The maximum absolute atomic E-state index is 12.6. The highest BCUT2D eigenvalue weighted by molar-refractivity contribution is 6.12. The minimum absolute atomic E-state index is 0.186. The van der Waals surface area contributed by atoms with Gasteiger partial charge < -0.3 is 9.47 Å². The number of esters is 2. The van der Waals surface area contributed by atoms with Crippen LogP contribution in [0.5, 0.6) is 0 Å². The largest absolute Gasteiger partial charge is 0.466 e. The monoisotopic (exact) mass is 290 g/mol. The maximum atomic E-state index is 12.6. The van der Waals surface area contributed by atoms with E-state index in [0.717, 1.165) is 0 Å². The van der Waals surface area contributed by atoms with Gasteiger partial charge in [0.05, 0.1) is 6.61 Å². The Morgan fingerprint density at radius 3 is 2.43 bits per heavy atom. The van der Waals surface area contributed by atoms with Crippen molar-refractivity contribution in [2.75, 3.05) is 6.61 Å². The first-order valence-electron chi connectivity index (χ1n) is 6.87. The van der Waals surface area contributed by atoms with Gasteiger partial charge >= 0.3 is 11.9 Å². The van der Waals surface area contributed by atoms with Crippen LogP contribution >= 0.6 is 0 Å². The molecule has 1 aliphatic heterocycles. The summed E-state index contributed by atoms with van der Waals surface area (Å²) in [6.45, 7) is 5.10. The van der Waals surface area contributed by atoms with E-state index in [-0.39, 0.29) is 6.61 Å². The number of hydrogen-bond acceptors (Lipinski definition) is 5. The number of cyclic esters (lactones) is 1. The van der Waals surface area contributed by atoms with Crippen molar-refractivity contribution < 1.29 is 23.9 Å². The first kappa shape index (κ1) is 15.2. The molecule has 2 rings (SSSR count). The summed E-state index contributed by atoms with van der Waals surface area (Å²) >= 11 is 0. The summed E-state index contributed by atoms with van der Waals surface area (Å²) in [5.74, 6) is -3.75. The molecule has 0 spiro atoms. The lowest BCUT2D eigenvalue weighted by Crippen LogP contribution is -2.40. The molecule has 0 saturated carbocycles. The summed E-state index contributed by atoms with van der Waals surface area (Å²) in [5.41, 5.74) is -0.676. The van der Waals surface area contributed by atoms with Crippen molar-refractivity contribution in [2.45, 2.75) is 26.4 Å². The van der Waals surface area contributed by atoms with Crippen LogP contribution < -0.4 is 0 Å². The number of benzene rings is 1. The van der Waals surface area contributed by atoms with Gasteiger partial charge in [0, 0.05) is 5.56 Å². The van der Waals surface area contributed by atoms with Gasteiger partial charge in [0.15, 0.2) is 5.78 Å². The van der Waals surface area contributed by atoms with Crippen molar-refractivity contribution in [3.63, 3.8) is 0 Å². The molecule has 0 aromatic heterocycles. The molecule has 0 amide bonds. The summed E-state index contributed by atoms with van der Waals surface area (Å²) in [5, 5.41) is 0. The van der Waals surface area contributed by atoms with E-state index in [4.69, 9.17) is 9.47 Å². The molecule has 5 nitrogen and oxygen atoms in total. The highest BCUT2D eigenvalue weighted by Crippen LogP contribution is 2.39. The molecule has 5 heteroatoms. The topological polar surface area (TPSA) is 69.7 Å². The zero-order chi connectivity index (χ0) is 15.6. The average Bonchev–Trinajstić information content (AvgIpc) is 2.68. The van der Waals surface area contributed by atoms with E-state index in [1.54, 1.807) is 51.1 Å². The zero-order valence-electron chi connectivity index (χ0n) is 12.3. The lowest BCUT2D eigenvalue weighted by atomic mass is 9.79. The van der Waals surface area contributed by atoms with Crippen LogP contribution in [-0.4, -0.2) is 29.9 Å². The molecule has 0 aliphatic carbocycles. The number of carbonyl (C=O) groups excluding carboxylic acids is 3. The third-order valence-electron chi connectivity index (χ3n) is 3.58. The molecule has 2 atom stereocenters. The van der Waals surface area contributed by atoms with Crippen molar-refractivity contribution in [1.29, 1.82) is 0 Å². The van der Waals surface area contributed by atoms with Gasteiger partial charge in [-0.2, -0.15) is 0 Å². The van der Waals surface area contributed by atoms with E-state index in [1.807, 2.05) is 0 Å². The van der Waals surface area contributed by atoms with Crippen LogP contribution in [0.2, 0.25) is 0 Å². The Morgan fingerprint density at radius 2 is 1.86 bits per heavy atom. The molecular weight excluding hydrogens is 272 g/mol. The van der Waals surface area contributed by atoms with Gasteiger partial charge in [0.25, 0.3) is 0 Å². The highest BCUT2D eigenvalue weighted by Gasteiger charge is 2.57. The van der Waals surface area contributed by atoms with Gasteiger partial charge in [0.1, 0.15) is 17.4 Å². The van der Waals surface area contributed by atoms with Crippen LogP contribution in [0.15, 0.2) is 30.3 Å². The summed E-state index contributed by atoms with van der Waals surface area (Å²) < 4.78 is 10.2. The van der Waals surface area contributed by atoms with Gasteiger partial charge in [-0.3, -0.25) is 14.4 Å². The molecule has 0 bridgehead atoms. The minimum Gasteiger partial charge on any atom is -0.466 e. The lowest BCUT2D eigenvalue weighted by molar-refractivity contribution is -0.155. The lowest BCUT2D eigenvalue weighted by Gasteiger charge is -2.24. The fraction of sp³-hybridized carbons (Fsp3) is 0.438. The predicted octanol–water partition coefficient (Wildman–Crippen LogP) is 2.00. The van der Waals surface area contributed by atoms with Crippen molar-refractivity contribution in [2.24, 2.45) is 11.8 Å². The van der Waals surface area contributed by atoms with E-state index in [1.165, 1.54) is 0 Å². The SMILES string of the molecule is CCOC(=O)[C@H]1[C@H](C(=O)c2ccccc2)C(=O)OC1(C)C. The number of rotatable bonds is 4. The Labute approximate surface area is 123 Å². The van der Waals surface area contributed by atoms with Crippen LogP contribution in [0.4, 0.5) is 0 Å². The molecule has 0 N–H and O–H groups in total. The Morgan fingerprint density at radius 1 is 1.24 bits per heavy atom. The van der Waals surface area contributed by atoms with E-state index < -0.39 is 35.2 Å². The second kappa shape index (κ2) is 5.68. The first-order valence-corrected chi connectivity index (χ1v) is 6.87. The fourth-order valence-electron chi connectivity index (χ4n) is 2.62. The molecule has 1 heterocycles. The molecule has 1 saturated heterocycles. The van der Waals surface area contributed by atoms with Crippen molar-refractivity contribution >= 4 is 17.7 Å². The molecule has 0 radical (unpaired) electrons. The zero-order valence-corrected chi connectivity index (χ0v) is 12.3. The van der Waals surface area contributed by atoms with Gasteiger partial charge in [-0.1, -0.05) is 30.3 Å². The highest BCUT2D eigenvalue weighted by atomic mass is 16.6. The number of carbonyl (C=O) groups is 3. The Hall–Kier alpha value is -2.17. The Kier molecular flexibility index (Phi) is 4.11. The van der Waals surface area contributed by atoms with Crippen LogP contribution in [-0.2, 0) is 19.1 Å². The van der Waals surface area contributed by atoms with Crippen LogP contribution in [0.3, 0.4) is 0 Å². The average molecular weight is 290 g/mol. The maximum Gasteiger partial charge on any atom is 0.318 e. The number of hydrogen-bond donors (Lipinski definition) is 0. The van der Waals surface area contributed by atoms with Crippen LogP contribution in [0.25, 0.3) is 0 Å². The molecule has 1 aliphatic rings. The molecule has 1 fully saturated rings. The summed E-state index contributed by atoms with van der Waals surface area (Å²) in [6.07, 6.45) is 0. The number of Topliss-reactive ketones (excluding diaryl/α,β-unsaturated/α-hetero) is 1. The van der Waals surface area contributed by atoms with Crippen LogP contribution in [0, 0.1) is 11.8 Å². The summed E-state index contributed by atoms with van der Waals surface area (Å²) in [7, 11) is 0. The van der Waals surface area contributed by atoms with Crippen molar-refractivity contribution in [3.8, 4) is 0 Å². The molecule has 21 heavy (non-hydrogen) atoms. The summed E-state index contributed by atoms with van der Waals surface area (Å²) in [4.78, 5) is 36.8. The Balaban J connectivity index is 2.37. The molecule has 112 valence electrons. The van der Waals surface area contributed by atoms with Crippen molar-refractivity contribution in [3.05, 3.63) is 35.9 Å². The number of ether oxygens (including phenoxy) is 2. The quantitative estimate of drug-likeness (QED) is 0.482. The standard InChI is InChI=1S/C16H18O5/c1-4-20-15(19)12-11(14(18)21-16(12,2)3)13(17)10-8-6-5-7-9-10/h5-9,11-12H,4H2,1-3H3/t11-,12-/m1/s1. The normalized spacial score (nSPS) is 23.5. The second-order valence-corrected chi connectivity index (χ2v) is 5.46. The predicted molar refractivity (Wildman–Crippen MR) is 74.6 cm³/mol. The van der Waals surface area contributed by atoms with Gasteiger partial charge in [-0.25, -0.2) is 0 Å². The van der Waals surface area contributed by atoms with E-state index in [2.05, 4.69) is 0 Å². The fourth-order valence-corrected chi connectivity index (χ4v) is 2.62. The molecule has 1 aromatic carbocycles. The minimum atomic E-state index is -1.15. The van der Waals surface area contributed by atoms with Crippen molar-refractivity contribution in [1.82, 2.24) is 0 Å². The van der Waals surface area contributed by atoms with Gasteiger partial charge in [0.2, 0.25) is 0 Å². The van der Waals surface area contributed by atoms with E-state index >= 15 is 0 Å². The Bertz CT molecular complexity index is 561. The van der Waals surface area contributed by atoms with Crippen LogP contribution in [0.1, 0.15) is 31.1 Å². The number of ketones is 1. The van der Waals surface area contributed by atoms with Gasteiger partial charge in [-0.15, -0.1) is 0 Å². The first-order chi connectivity index (χ1) is 9.88. The molecule has 1 aromatic rings. The summed E-state index contributed by atoms with van der Waals surface area (Å²) in [6, 6.07) is 8.42. The molecule has 0 unspecified atom stereocenters.